The SMILES string of the molecule is CC(=O)Nc1ccc(CCOC(CCc2ccc(C)s2)Cn2ccnc2)cc1. The van der Waals surface area contributed by atoms with Gasteiger partial charge in [0.25, 0.3) is 0 Å². The third-order valence-corrected chi connectivity index (χ3v) is 5.56. The molecule has 0 radical (unpaired) electrons. The standard InChI is InChI=1S/C22H27N3O2S/c1-17-3-9-22(28-17)10-8-21(15-25-13-12-23-16-25)27-14-11-19-4-6-20(7-5-19)24-18(2)26/h3-7,9,12-13,16,21H,8,10-11,14-15H2,1-2H3,(H,24,26). The Labute approximate surface area is 170 Å². The van der Waals surface area contributed by atoms with Gasteiger partial charge in [-0.15, -0.1) is 11.3 Å². The Kier molecular flexibility index (Phi) is 7.39. The summed E-state index contributed by atoms with van der Waals surface area (Å²) in [5.41, 5.74) is 2.02. The first-order chi connectivity index (χ1) is 13.6. The number of carbonyl (C=O) groups excluding carboxylic acids is 1. The lowest BCUT2D eigenvalue weighted by atomic mass is 10.1. The van der Waals surface area contributed by atoms with Gasteiger partial charge >= 0.3 is 0 Å². The Morgan fingerprint density at radius 1 is 1.21 bits per heavy atom. The minimum atomic E-state index is -0.0561. The molecule has 3 rings (SSSR count). The van der Waals surface area contributed by atoms with E-state index in [1.807, 2.05) is 48.1 Å². The summed E-state index contributed by atoms with van der Waals surface area (Å²) in [4.78, 5) is 18.0. The number of hydrogen-bond acceptors (Lipinski definition) is 4. The highest BCUT2D eigenvalue weighted by molar-refractivity contribution is 7.11. The van der Waals surface area contributed by atoms with Crippen LogP contribution in [0.5, 0.6) is 0 Å². The molecule has 0 bridgehead atoms. The van der Waals surface area contributed by atoms with Gasteiger partial charge in [0.15, 0.2) is 0 Å². The normalized spacial score (nSPS) is 12.1. The summed E-state index contributed by atoms with van der Waals surface area (Å²) in [5.74, 6) is -0.0561. The molecule has 6 heteroatoms. The monoisotopic (exact) mass is 397 g/mol. The zero-order valence-corrected chi connectivity index (χ0v) is 17.2. The molecule has 2 heterocycles. The number of anilines is 1. The first-order valence-corrected chi connectivity index (χ1v) is 10.4. The fraction of sp³-hybridized carbons (Fsp3) is 0.364. The number of carbonyl (C=O) groups is 1. The van der Waals surface area contributed by atoms with Crippen molar-refractivity contribution in [1.29, 1.82) is 0 Å². The topological polar surface area (TPSA) is 56.1 Å². The Morgan fingerprint density at radius 2 is 2.04 bits per heavy atom. The van der Waals surface area contributed by atoms with Crippen LogP contribution in [0, 0.1) is 6.92 Å². The van der Waals surface area contributed by atoms with Crippen molar-refractivity contribution in [2.75, 3.05) is 11.9 Å². The molecule has 0 fully saturated rings. The predicted octanol–water partition coefficient (Wildman–Crippen LogP) is 4.47. The van der Waals surface area contributed by atoms with Crippen LogP contribution in [-0.2, 0) is 28.9 Å². The van der Waals surface area contributed by atoms with E-state index in [4.69, 9.17) is 4.74 Å². The quantitative estimate of drug-likeness (QED) is 0.549. The molecule has 148 valence electrons. The van der Waals surface area contributed by atoms with Crippen LogP contribution < -0.4 is 5.32 Å². The van der Waals surface area contributed by atoms with Gasteiger partial charge in [0, 0.05) is 41.3 Å². The number of thiophene rings is 1. The maximum absolute atomic E-state index is 11.1. The summed E-state index contributed by atoms with van der Waals surface area (Å²) in [5, 5.41) is 2.79. The van der Waals surface area contributed by atoms with E-state index in [0.717, 1.165) is 31.5 Å². The van der Waals surface area contributed by atoms with Gasteiger partial charge in [0.05, 0.1) is 19.0 Å². The lowest BCUT2D eigenvalue weighted by Crippen LogP contribution is -2.21. The third-order valence-electron chi connectivity index (χ3n) is 4.50. The molecule has 0 aliphatic heterocycles. The number of hydrogen-bond donors (Lipinski definition) is 1. The van der Waals surface area contributed by atoms with Crippen LogP contribution in [0.2, 0.25) is 0 Å². The van der Waals surface area contributed by atoms with E-state index >= 15 is 0 Å². The number of aromatic nitrogens is 2. The van der Waals surface area contributed by atoms with E-state index in [9.17, 15) is 4.79 Å². The van der Waals surface area contributed by atoms with Crippen LogP contribution in [0.15, 0.2) is 55.1 Å². The Hall–Kier alpha value is -2.44. The molecule has 2 aromatic heterocycles. The second-order valence-corrected chi connectivity index (χ2v) is 8.30. The first kappa shape index (κ1) is 20.3. The molecule has 5 nitrogen and oxygen atoms in total. The molecule has 0 aliphatic rings. The summed E-state index contributed by atoms with van der Waals surface area (Å²) < 4.78 is 8.30. The smallest absolute Gasteiger partial charge is 0.221 e. The van der Waals surface area contributed by atoms with Crippen LogP contribution in [-0.4, -0.2) is 28.2 Å². The average Bonchev–Trinajstić information content (AvgIpc) is 3.32. The molecular formula is C22H27N3O2S. The van der Waals surface area contributed by atoms with E-state index < -0.39 is 0 Å². The summed E-state index contributed by atoms with van der Waals surface area (Å²) in [6.45, 7) is 5.14. The third kappa shape index (κ3) is 6.62. The van der Waals surface area contributed by atoms with Gasteiger partial charge in [-0.25, -0.2) is 4.98 Å². The second-order valence-electron chi connectivity index (χ2n) is 6.93. The van der Waals surface area contributed by atoms with Gasteiger partial charge in [0.1, 0.15) is 0 Å². The van der Waals surface area contributed by atoms with Crippen molar-refractivity contribution < 1.29 is 9.53 Å². The zero-order valence-electron chi connectivity index (χ0n) is 16.4. The highest BCUT2D eigenvalue weighted by atomic mass is 32.1. The van der Waals surface area contributed by atoms with Gasteiger partial charge in [-0.2, -0.15) is 0 Å². The molecule has 0 saturated heterocycles. The molecule has 28 heavy (non-hydrogen) atoms. The number of benzene rings is 1. The summed E-state index contributed by atoms with van der Waals surface area (Å²) in [7, 11) is 0. The zero-order chi connectivity index (χ0) is 19.8. The van der Waals surface area contributed by atoms with Crippen LogP contribution >= 0.6 is 11.3 Å². The van der Waals surface area contributed by atoms with Gasteiger partial charge in [-0.05, 0) is 56.0 Å². The Balaban J connectivity index is 1.50. The number of aryl methyl sites for hydroxylation is 2. The number of rotatable bonds is 10. The molecule has 0 spiro atoms. The largest absolute Gasteiger partial charge is 0.376 e. The number of nitrogens with zero attached hydrogens (tertiary/aromatic N) is 2. The fourth-order valence-corrected chi connectivity index (χ4v) is 3.99. The van der Waals surface area contributed by atoms with Crippen molar-refractivity contribution in [3.8, 4) is 0 Å². The Morgan fingerprint density at radius 3 is 2.68 bits per heavy atom. The molecule has 0 saturated carbocycles. The minimum Gasteiger partial charge on any atom is -0.376 e. The molecule has 1 atom stereocenters. The average molecular weight is 398 g/mol. The van der Waals surface area contributed by atoms with Crippen molar-refractivity contribution in [3.63, 3.8) is 0 Å². The summed E-state index contributed by atoms with van der Waals surface area (Å²) in [6.07, 6.45) is 8.63. The number of nitrogens with one attached hydrogen (secondary N) is 1. The lowest BCUT2D eigenvalue weighted by molar-refractivity contribution is -0.114. The number of amides is 1. The van der Waals surface area contributed by atoms with Gasteiger partial charge in [-0.1, -0.05) is 12.1 Å². The molecule has 3 aromatic rings. The summed E-state index contributed by atoms with van der Waals surface area (Å²) >= 11 is 1.86. The molecule has 1 aromatic carbocycles. The van der Waals surface area contributed by atoms with Crippen LogP contribution in [0.4, 0.5) is 5.69 Å². The van der Waals surface area contributed by atoms with E-state index in [1.165, 1.54) is 22.2 Å². The van der Waals surface area contributed by atoms with Crippen LogP contribution in [0.25, 0.3) is 0 Å². The van der Waals surface area contributed by atoms with Crippen molar-refractivity contribution in [2.24, 2.45) is 0 Å². The molecule has 0 aliphatic carbocycles. The molecule has 1 unspecified atom stereocenters. The van der Waals surface area contributed by atoms with Gasteiger partial charge in [-0.3, -0.25) is 4.79 Å². The van der Waals surface area contributed by atoms with Crippen molar-refractivity contribution in [2.45, 2.75) is 45.8 Å². The van der Waals surface area contributed by atoms with E-state index in [2.05, 4.69) is 33.9 Å². The number of imidazole rings is 1. The second kappa shape index (κ2) is 10.2. The van der Waals surface area contributed by atoms with Gasteiger partial charge in [0.2, 0.25) is 5.91 Å². The predicted molar refractivity (Wildman–Crippen MR) is 114 cm³/mol. The lowest BCUT2D eigenvalue weighted by Gasteiger charge is -2.18. The molecule has 1 amide bonds. The maximum atomic E-state index is 11.1. The summed E-state index contributed by atoms with van der Waals surface area (Å²) in [6, 6.07) is 12.3. The molecular weight excluding hydrogens is 370 g/mol. The van der Waals surface area contributed by atoms with Crippen molar-refractivity contribution >= 4 is 22.9 Å². The minimum absolute atomic E-state index is 0.0561. The van der Waals surface area contributed by atoms with Crippen LogP contribution in [0.1, 0.15) is 28.7 Å². The van der Waals surface area contributed by atoms with Crippen LogP contribution in [0.3, 0.4) is 0 Å². The van der Waals surface area contributed by atoms with Crippen molar-refractivity contribution in [3.05, 3.63) is 70.4 Å². The van der Waals surface area contributed by atoms with Crippen molar-refractivity contribution in [1.82, 2.24) is 9.55 Å². The first-order valence-electron chi connectivity index (χ1n) is 9.57. The van der Waals surface area contributed by atoms with E-state index in [-0.39, 0.29) is 12.0 Å². The molecule has 1 N–H and O–H groups in total. The van der Waals surface area contributed by atoms with Gasteiger partial charge < -0.3 is 14.6 Å². The highest BCUT2D eigenvalue weighted by Crippen LogP contribution is 2.19. The maximum Gasteiger partial charge on any atom is 0.221 e. The Bertz CT molecular complexity index is 856. The fourth-order valence-electron chi connectivity index (χ4n) is 3.08. The highest BCUT2D eigenvalue weighted by Gasteiger charge is 2.11. The van der Waals surface area contributed by atoms with E-state index in [1.54, 1.807) is 6.20 Å². The number of ether oxygens (including phenoxy) is 1. The van der Waals surface area contributed by atoms with E-state index in [0.29, 0.717) is 6.61 Å².